The Morgan fingerprint density at radius 2 is 1.50 bits per heavy atom. The fourth-order valence-electron chi connectivity index (χ4n) is 1.78. The molecule has 0 saturated heterocycles. The van der Waals surface area contributed by atoms with Crippen molar-refractivity contribution in [2.75, 3.05) is 12.3 Å². The molecule has 2 aromatic rings. The highest BCUT2D eigenvalue weighted by atomic mass is 16.5. The summed E-state index contributed by atoms with van der Waals surface area (Å²) in [4.78, 5) is 0. The van der Waals surface area contributed by atoms with Crippen LogP contribution in [0.5, 0.6) is 5.75 Å². The highest BCUT2D eigenvalue weighted by molar-refractivity contribution is 5.42. The Bertz CT molecular complexity index is 491. The lowest BCUT2D eigenvalue weighted by atomic mass is 10.0. The maximum atomic E-state index is 10.2. The van der Waals surface area contributed by atoms with Gasteiger partial charge in [-0.15, -0.1) is 0 Å². The van der Waals surface area contributed by atoms with Crippen LogP contribution in [0.4, 0.5) is 5.69 Å². The molecule has 0 unspecified atom stereocenters. The first-order chi connectivity index (χ1) is 8.70. The summed E-state index contributed by atoms with van der Waals surface area (Å²) in [6, 6.07) is 14.7. The van der Waals surface area contributed by atoms with Crippen LogP contribution in [-0.2, 0) is 0 Å². The molecule has 2 aromatic carbocycles. The third kappa shape index (κ3) is 2.81. The van der Waals surface area contributed by atoms with E-state index in [1.54, 1.807) is 12.1 Å². The van der Waals surface area contributed by atoms with Crippen LogP contribution >= 0.6 is 0 Å². The number of rotatable bonds is 4. The van der Waals surface area contributed by atoms with E-state index >= 15 is 0 Å². The van der Waals surface area contributed by atoms with Crippen LogP contribution in [0.15, 0.2) is 48.5 Å². The first-order valence-corrected chi connectivity index (χ1v) is 5.97. The van der Waals surface area contributed by atoms with Crippen LogP contribution in [0, 0.1) is 0 Å². The smallest absolute Gasteiger partial charge is 0.119 e. The van der Waals surface area contributed by atoms with E-state index in [9.17, 15) is 5.11 Å². The Morgan fingerprint density at radius 3 is 2.00 bits per heavy atom. The van der Waals surface area contributed by atoms with Crippen LogP contribution in [0.3, 0.4) is 0 Å². The summed E-state index contributed by atoms with van der Waals surface area (Å²) in [7, 11) is 0. The number of ether oxygens (including phenoxy) is 1. The van der Waals surface area contributed by atoms with Gasteiger partial charge in [-0.25, -0.2) is 0 Å². The van der Waals surface area contributed by atoms with Crippen molar-refractivity contribution in [2.24, 2.45) is 0 Å². The van der Waals surface area contributed by atoms with Crippen LogP contribution in [0.1, 0.15) is 24.2 Å². The molecular formula is C15H17NO2. The number of hydrogen-bond acceptors (Lipinski definition) is 3. The highest BCUT2D eigenvalue weighted by Crippen LogP contribution is 2.24. The summed E-state index contributed by atoms with van der Waals surface area (Å²) in [5.74, 6) is 0.811. The van der Waals surface area contributed by atoms with Gasteiger partial charge < -0.3 is 15.6 Å². The molecule has 94 valence electrons. The Balaban J connectivity index is 2.17. The van der Waals surface area contributed by atoms with Crippen LogP contribution in [0.25, 0.3) is 0 Å². The number of anilines is 1. The summed E-state index contributed by atoms with van der Waals surface area (Å²) in [6.45, 7) is 2.58. The zero-order valence-corrected chi connectivity index (χ0v) is 10.3. The van der Waals surface area contributed by atoms with Gasteiger partial charge in [0.1, 0.15) is 11.9 Å². The van der Waals surface area contributed by atoms with E-state index in [2.05, 4.69) is 0 Å². The third-order valence-electron chi connectivity index (χ3n) is 2.76. The first kappa shape index (κ1) is 12.5. The monoisotopic (exact) mass is 243 g/mol. The molecule has 0 aliphatic carbocycles. The van der Waals surface area contributed by atoms with Gasteiger partial charge in [-0.1, -0.05) is 24.3 Å². The predicted molar refractivity (Wildman–Crippen MR) is 72.5 cm³/mol. The number of nitrogens with two attached hydrogens (primary N) is 1. The normalized spacial score (nSPS) is 12.1. The molecule has 0 spiro atoms. The molecule has 0 amide bonds. The average molecular weight is 243 g/mol. The summed E-state index contributed by atoms with van der Waals surface area (Å²) < 4.78 is 5.36. The molecule has 2 rings (SSSR count). The average Bonchev–Trinajstić information content (AvgIpc) is 2.40. The van der Waals surface area contributed by atoms with Gasteiger partial charge in [-0.3, -0.25) is 0 Å². The Labute approximate surface area is 107 Å². The van der Waals surface area contributed by atoms with Crippen molar-refractivity contribution in [3.63, 3.8) is 0 Å². The Kier molecular flexibility index (Phi) is 3.85. The molecule has 3 N–H and O–H groups in total. The minimum atomic E-state index is -0.638. The third-order valence-corrected chi connectivity index (χ3v) is 2.76. The summed E-state index contributed by atoms with van der Waals surface area (Å²) >= 11 is 0. The predicted octanol–water partition coefficient (Wildman–Crippen LogP) is 2.75. The summed E-state index contributed by atoms with van der Waals surface area (Å²) in [5.41, 5.74) is 7.98. The van der Waals surface area contributed by atoms with E-state index in [4.69, 9.17) is 10.5 Å². The van der Waals surface area contributed by atoms with E-state index in [0.29, 0.717) is 12.3 Å². The summed E-state index contributed by atoms with van der Waals surface area (Å²) in [5, 5.41) is 10.2. The minimum Gasteiger partial charge on any atom is -0.494 e. The number of aliphatic hydroxyl groups is 1. The molecule has 0 aliphatic rings. The van der Waals surface area contributed by atoms with Crippen LogP contribution in [0.2, 0.25) is 0 Å². The second kappa shape index (κ2) is 5.56. The Hall–Kier alpha value is -2.00. The van der Waals surface area contributed by atoms with Gasteiger partial charge in [0.25, 0.3) is 0 Å². The summed E-state index contributed by atoms with van der Waals surface area (Å²) in [6.07, 6.45) is -0.638. The van der Waals surface area contributed by atoms with E-state index in [1.165, 1.54) is 0 Å². The van der Waals surface area contributed by atoms with E-state index in [0.717, 1.165) is 16.9 Å². The highest BCUT2D eigenvalue weighted by Gasteiger charge is 2.09. The molecule has 0 aliphatic heterocycles. The van der Waals surface area contributed by atoms with Gasteiger partial charge in [0.15, 0.2) is 0 Å². The van der Waals surface area contributed by atoms with Gasteiger partial charge in [-0.2, -0.15) is 0 Å². The standard InChI is InChI=1S/C15H17NO2/c1-2-18-14-9-5-12(6-10-14)15(17)11-3-7-13(16)8-4-11/h3-10,15,17H,2,16H2,1H3/t15-/m0/s1. The number of aliphatic hydroxyl groups excluding tert-OH is 1. The van der Waals surface area contributed by atoms with Crippen molar-refractivity contribution in [2.45, 2.75) is 13.0 Å². The quantitative estimate of drug-likeness (QED) is 0.812. The van der Waals surface area contributed by atoms with Crippen molar-refractivity contribution in [3.8, 4) is 5.75 Å². The largest absolute Gasteiger partial charge is 0.494 e. The van der Waals surface area contributed by atoms with Crippen molar-refractivity contribution >= 4 is 5.69 Å². The van der Waals surface area contributed by atoms with E-state index in [1.807, 2.05) is 43.3 Å². The van der Waals surface area contributed by atoms with Crippen LogP contribution in [-0.4, -0.2) is 11.7 Å². The SMILES string of the molecule is CCOc1ccc([C@@H](O)c2ccc(N)cc2)cc1. The van der Waals surface area contributed by atoms with Gasteiger partial charge >= 0.3 is 0 Å². The number of benzene rings is 2. The molecule has 3 nitrogen and oxygen atoms in total. The molecule has 0 bridgehead atoms. The molecular weight excluding hydrogens is 226 g/mol. The molecule has 0 aromatic heterocycles. The van der Waals surface area contributed by atoms with Crippen molar-refractivity contribution in [3.05, 3.63) is 59.7 Å². The minimum absolute atomic E-state index is 0.638. The lowest BCUT2D eigenvalue weighted by Crippen LogP contribution is -2.00. The van der Waals surface area contributed by atoms with Crippen LogP contribution < -0.4 is 10.5 Å². The van der Waals surface area contributed by atoms with E-state index < -0.39 is 6.10 Å². The molecule has 3 heteroatoms. The second-order valence-electron chi connectivity index (χ2n) is 4.07. The second-order valence-corrected chi connectivity index (χ2v) is 4.07. The fourth-order valence-corrected chi connectivity index (χ4v) is 1.78. The van der Waals surface area contributed by atoms with Gasteiger partial charge in [0, 0.05) is 5.69 Å². The van der Waals surface area contributed by atoms with Gasteiger partial charge in [-0.05, 0) is 42.3 Å². The Morgan fingerprint density at radius 1 is 1.00 bits per heavy atom. The number of nitrogen functional groups attached to an aromatic ring is 1. The zero-order valence-electron chi connectivity index (χ0n) is 10.3. The topological polar surface area (TPSA) is 55.5 Å². The first-order valence-electron chi connectivity index (χ1n) is 5.97. The molecule has 18 heavy (non-hydrogen) atoms. The maximum absolute atomic E-state index is 10.2. The lowest BCUT2D eigenvalue weighted by Gasteiger charge is -2.12. The zero-order chi connectivity index (χ0) is 13.0. The fraction of sp³-hybridized carbons (Fsp3) is 0.200. The van der Waals surface area contributed by atoms with E-state index in [-0.39, 0.29) is 0 Å². The molecule has 0 fully saturated rings. The number of hydrogen-bond donors (Lipinski definition) is 2. The van der Waals surface area contributed by atoms with Gasteiger partial charge in [0.05, 0.1) is 6.61 Å². The van der Waals surface area contributed by atoms with Crippen molar-refractivity contribution < 1.29 is 9.84 Å². The molecule has 0 radical (unpaired) electrons. The molecule has 1 atom stereocenters. The van der Waals surface area contributed by atoms with Crippen molar-refractivity contribution in [1.29, 1.82) is 0 Å². The molecule has 0 saturated carbocycles. The molecule has 0 heterocycles. The van der Waals surface area contributed by atoms with Crippen molar-refractivity contribution in [1.82, 2.24) is 0 Å². The lowest BCUT2D eigenvalue weighted by molar-refractivity contribution is 0.220. The van der Waals surface area contributed by atoms with Gasteiger partial charge in [0.2, 0.25) is 0 Å². The maximum Gasteiger partial charge on any atom is 0.119 e.